The normalized spacial score (nSPS) is 17.3. The number of anilines is 1. The summed E-state index contributed by atoms with van der Waals surface area (Å²) in [6.07, 6.45) is 5.61. The Kier molecular flexibility index (Phi) is 5.18. The van der Waals surface area contributed by atoms with Crippen LogP contribution in [0.3, 0.4) is 0 Å². The number of carbonyl (C=O) groups is 2. The number of amides is 1. The van der Waals surface area contributed by atoms with Crippen LogP contribution in [0.5, 0.6) is 17.2 Å². The molecule has 2 heterocycles. The molecule has 0 saturated heterocycles. The van der Waals surface area contributed by atoms with E-state index in [1.807, 2.05) is 12.1 Å². The predicted octanol–water partition coefficient (Wildman–Crippen LogP) is 3.78. The van der Waals surface area contributed by atoms with E-state index in [1.54, 1.807) is 18.2 Å². The molecule has 5 rings (SSSR count). The number of hydrogen-bond acceptors (Lipinski definition) is 6. The first-order valence-corrected chi connectivity index (χ1v) is 10.8. The lowest BCUT2D eigenvalue weighted by Crippen LogP contribution is -2.34. The maximum atomic E-state index is 12.2. The van der Waals surface area contributed by atoms with Gasteiger partial charge in [0.2, 0.25) is 0 Å². The number of carbonyl (C=O) groups excluding carboxylic acids is 2. The van der Waals surface area contributed by atoms with Crippen LogP contribution in [0.1, 0.15) is 43.2 Å². The zero-order valence-electron chi connectivity index (χ0n) is 17.3. The van der Waals surface area contributed by atoms with Gasteiger partial charge in [-0.15, -0.1) is 0 Å². The first kappa shape index (κ1) is 19.7. The number of hydrogen-bond donors (Lipinski definition) is 1. The van der Waals surface area contributed by atoms with E-state index < -0.39 is 17.7 Å². The highest BCUT2D eigenvalue weighted by Crippen LogP contribution is 2.47. The fraction of sp³-hybridized carbons (Fsp3) is 0.417. The van der Waals surface area contributed by atoms with Gasteiger partial charge in [0, 0.05) is 37.4 Å². The monoisotopic (exact) mass is 423 g/mol. The SMILES string of the molecule is O=C(COC(=O)CCc1ccc2c(c1)CCO2)Nc1ccc2c(c1)OC1(CCCC1)O2. The maximum absolute atomic E-state index is 12.2. The topological polar surface area (TPSA) is 83.1 Å². The van der Waals surface area contributed by atoms with Gasteiger partial charge in [0.1, 0.15) is 5.75 Å². The van der Waals surface area contributed by atoms with Gasteiger partial charge in [0.15, 0.2) is 18.1 Å². The average molecular weight is 423 g/mol. The first-order chi connectivity index (χ1) is 15.1. The van der Waals surface area contributed by atoms with Gasteiger partial charge in [-0.3, -0.25) is 9.59 Å². The van der Waals surface area contributed by atoms with E-state index in [0.29, 0.717) is 30.2 Å². The van der Waals surface area contributed by atoms with Gasteiger partial charge in [-0.25, -0.2) is 0 Å². The average Bonchev–Trinajstić information content (AvgIpc) is 3.49. The zero-order chi connectivity index (χ0) is 21.3. The van der Waals surface area contributed by atoms with E-state index in [2.05, 4.69) is 11.4 Å². The minimum atomic E-state index is -0.535. The van der Waals surface area contributed by atoms with Crippen LogP contribution < -0.4 is 19.5 Å². The van der Waals surface area contributed by atoms with E-state index in [9.17, 15) is 9.59 Å². The summed E-state index contributed by atoms with van der Waals surface area (Å²) in [4.78, 5) is 24.2. The second kappa shape index (κ2) is 8.13. The van der Waals surface area contributed by atoms with Crippen LogP contribution in [0, 0.1) is 0 Å². The Morgan fingerprint density at radius 3 is 2.68 bits per heavy atom. The molecule has 3 aliphatic rings. The Morgan fingerprint density at radius 2 is 1.81 bits per heavy atom. The Morgan fingerprint density at radius 1 is 1.00 bits per heavy atom. The molecule has 1 N–H and O–H groups in total. The molecule has 0 atom stereocenters. The first-order valence-electron chi connectivity index (χ1n) is 10.8. The lowest BCUT2D eigenvalue weighted by Gasteiger charge is -2.21. The molecule has 0 aromatic heterocycles. The largest absolute Gasteiger partial charge is 0.493 e. The van der Waals surface area contributed by atoms with Gasteiger partial charge in [-0.1, -0.05) is 12.1 Å². The molecule has 1 amide bonds. The lowest BCUT2D eigenvalue weighted by atomic mass is 10.0. The Hall–Kier alpha value is -3.22. The third-order valence-electron chi connectivity index (χ3n) is 5.92. The second-order valence-electron chi connectivity index (χ2n) is 8.23. The second-order valence-corrected chi connectivity index (χ2v) is 8.23. The Bertz CT molecular complexity index is 1010. The van der Waals surface area contributed by atoms with Crippen molar-refractivity contribution in [2.45, 2.75) is 50.7 Å². The van der Waals surface area contributed by atoms with Crippen molar-refractivity contribution in [3.63, 3.8) is 0 Å². The van der Waals surface area contributed by atoms with E-state index in [-0.39, 0.29) is 13.0 Å². The minimum Gasteiger partial charge on any atom is -0.493 e. The standard InChI is InChI=1S/C24H25NO6/c26-22(15-29-23(27)8-4-16-3-6-19-17(13-16)9-12-28-19)25-18-5-7-20-21(14-18)31-24(30-20)10-1-2-11-24/h3,5-7,13-14H,1-2,4,8-12,15H2,(H,25,26). The van der Waals surface area contributed by atoms with Crippen LogP contribution in [0.2, 0.25) is 0 Å². The number of fused-ring (bicyclic) bond motifs is 2. The molecular formula is C24H25NO6. The van der Waals surface area contributed by atoms with E-state index in [4.69, 9.17) is 18.9 Å². The molecule has 7 heteroatoms. The maximum Gasteiger partial charge on any atom is 0.306 e. The molecule has 162 valence electrons. The van der Waals surface area contributed by atoms with Gasteiger partial charge < -0.3 is 24.3 Å². The number of esters is 1. The van der Waals surface area contributed by atoms with Crippen LogP contribution in [0.15, 0.2) is 36.4 Å². The summed E-state index contributed by atoms with van der Waals surface area (Å²) < 4.78 is 22.6. The molecule has 2 aliphatic heterocycles. The third-order valence-corrected chi connectivity index (χ3v) is 5.92. The van der Waals surface area contributed by atoms with E-state index in [1.165, 1.54) is 5.56 Å². The van der Waals surface area contributed by atoms with Crippen molar-refractivity contribution in [3.8, 4) is 17.2 Å². The van der Waals surface area contributed by atoms with Crippen molar-refractivity contribution >= 4 is 17.6 Å². The van der Waals surface area contributed by atoms with Gasteiger partial charge in [-0.2, -0.15) is 0 Å². The molecule has 2 aromatic carbocycles. The fourth-order valence-corrected chi connectivity index (χ4v) is 4.35. The predicted molar refractivity (Wildman–Crippen MR) is 112 cm³/mol. The summed E-state index contributed by atoms with van der Waals surface area (Å²) in [7, 11) is 0. The molecular weight excluding hydrogens is 398 g/mol. The van der Waals surface area contributed by atoms with Crippen molar-refractivity contribution in [3.05, 3.63) is 47.5 Å². The van der Waals surface area contributed by atoms with Gasteiger partial charge in [0.05, 0.1) is 6.61 Å². The van der Waals surface area contributed by atoms with Crippen molar-refractivity contribution in [2.24, 2.45) is 0 Å². The molecule has 0 bridgehead atoms. The lowest BCUT2D eigenvalue weighted by molar-refractivity contribution is -0.147. The van der Waals surface area contributed by atoms with Crippen molar-refractivity contribution in [2.75, 3.05) is 18.5 Å². The summed E-state index contributed by atoms with van der Waals surface area (Å²) in [5.74, 6) is 0.927. The molecule has 1 spiro atoms. The molecule has 7 nitrogen and oxygen atoms in total. The van der Waals surface area contributed by atoms with Crippen LogP contribution in [-0.2, 0) is 27.2 Å². The van der Waals surface area contributed by atoms with Crippen LogP contribution in [0.25, 0.3) is 0 Å². The highest BCUT2D eigenvalue weighted by atomic mass is 16.7. The Balaban J connectivity index is 1.08. The highest BCUT2D eigenvalue weighted by Gasteiger charge is 2.44. The zero-order valence-corrected chi connectivity index (χ0v) is 17.3. The van der Waals surface area contributed by atoms with Gasteiger partial charge in [0.25, 0.3) is 11.7 Å². The summed E-state index contributed by atoms with van der Waals surface area (Å²) in [6.45, 7) is 0.384. The number of aryl methyl sites for hydroxylation is 1. The highest BCUT2D eigenvalue weighted by molar-refractivity contribution is 5.93. The summed E-state index contributed by atoms with van der Waals surface area (Å²) in [5.41, 5.74) is 2.82. The summed E-state index contributed by atoms with van der Waals surface area (Å²) >= 11 is 0. The van der Waals surface area contributed by atoms with E-state index >= 15 is 0 Å². The van der Waals surface area contributed by atoms with Crippen LogP contribution in [0.4, 0.5) is 5.69 Å². The molecule has 0 unspecified atom stereocenters. The van der Waals surface area contributed by atoms with Crippen LogP contribution in [-0.4, -0.2) is 30.9 Å². The van der Waals surface area contributed by atoms with Crippen LogP contribution >= 0.6 is 0 Å². The number of rotatable bonds is 6. The van der Waals surface area contributed by atoms with Crippen molar-refractivity contribution in [1.82, 2.24) is 0 Å². The van der Waals surface area contributed by atoms with Gasteiger partial charge in [-0.05, 0) is 48.6 Å². The summed E-state index contributed by atoms with van der Waals surface area (Å²) in [6, 6.07) is 11.3. The minimum absolute atomic E-state index is 0.221. The molecule has 1 saturated carbocycles. The molecule has 1 fully saturated rings. The van der Waals surface area contributed by atoms with Crippen molar-refractivity contribution in [1.29, 1.82) is 0 Å². The number of ether oxygens (including phenoxy) is 4. The third kappa shape index (κ3) is 4.31. The molecule has 0 radical (unpaired) electrons. The van der Waals surface area contributed by atoms with Gasteiger partial charge >= 0.3 is 5.97 Å². The number of benzene rings is 2. The molecule has 1 aliphatic carbocycles. The summed E-state index contributed by atoms with van der Waals surface area (Å²) in [5, 5.41) is 2.74. The fourth-order valence-electron chi connectivity index (χ4n) is 4.35. The number of nitrogens with one attached hydrogen (secondary N) is 1. The smallest absolute Gasteiger partial charge is 0.306 e. The Labute approximate surface area is 180 Å². The quantitative estimate of drug-likeness (QED) is 0.712. The van der Waals surface area contributed by atoms with E-state index in [0.717, 1.165) is 43.4 Å². The van der Waals surface area contributed by atoms with Crippen molar-refractivity contribution < 1.29 is 28.5 Å². The molecule has 2 aromatic rings. The molecule has 31 heavy (non-hydrogen) atoms.